The van der Waals surface area contributed by atoms with E-state index in [1.807, 2.05) is 13.8 Å². The van der Waals surface area contributed by atoms with Crippen LogP contribution in [-0.4, -0.2) is 20.9 Å². The Hall–Kier alpha value is -3.09. The van der Waals surface area contributed by atoms with Crippen LogP contribution in [0.2, 0.25) is 0 Å². The van der Waals surface area contributed by atoms with Crippen LogP contribution in [-0.2, 0) is 4.79 Å². The number of nitrogens with one attached hydrogen (secondary N) is 1. The van der Waals surface area contributed by atoms with Gasteiger partial charge in [-0.2, -0.15) is 4.68 Å². The molecule has 6 nitrogen and oxygen atoms in total. The lowest BCUT2D eigenvalue weighted by molar-refractivity contribution is -0.120. The molecule has 7 heteroatoms. The van der Waals surface area contributed by atoms with Gasteiger partial charge in [0.15, 0.2) is 0 Å². The van der Waals surface area contributed by atoms with Crippen LogP contribution in [0.4, 0.5) is 10.1 Å². The summed E-state index contributed by atoms with van der Waals surface area (Å²) in [7, 11) is 0. The summed E-state index contributed by atoms with van der Waals surface area (Å²) in [6.45, 7) is 3.64. The van der Waals surface area contributed by atoms with Crippen molar-refractivity contribution in [3.8, 4) is 0 Å². The van der Waals surface area contributed by atoms with Crippen molar-refractivity contribution < 1.29 is 9.18 Å². The molecule has 1 N–H and O–H groups in total. The fraction of sp³-hybridized carbons (Fsp3) is 0.222. The van der Waals surface area contributed by atoms with Crippen LogP contribution in [0.15, 0.2) is 53.3 Å². The quantitative estimate of drug-likeness (QED) is 0.792. The first-order valence-electron chi connectivity index (χ1n) is 7.88. The molecule has 1 atom stereocenters. The van der Waals surface area contributed by atoms with Gasteiger partial charge in [0.1, 0.15) is 17.4 Å². The van der Waals surface area contributed by atoms with Crippen molar-refractivity contribution in [2.45, 2.75) is 19.9 Å². The monoisotopic (exact) mass is 340 g/mol. The molecule has 0 aliphatic heterocycles. The number of carbonyl (C=O) groups is 1. The summed E-state index contributed by atoms with van der Waals surface area (Å²) < 4.78 is 14.1. The maximum atomic E-state index is 13.0. The van der Waals surface area contributed by atoms with Crippen LogP contribution in [0.5, 0.6) is 0 Å². The Kier molecular flexibility index (Phi) is 4.56. The van der Waals surface area contributed by atoms with E-state index in [0.29, 0.717) is 16.6 Å². The van der Waals surface area contributed by atoms with Gasteiger partial charge in [-0.1, -0.05) is 31.2 Å². The largest absolute Gasteiger partial charge is 0.324 e. The molecule has 0 aliphatic carbocycles. The van der Waals surface area contributed by atoms with Crippen LogP contribution in [0, 0.1) is 11.7 Å². The molecule has 0 saturated carbocycles. The lowest BCUT2D eigenvalue weighted by Crippen LogP contribution is -2.38. The number of carbonyl (C=O) groups excluding carboxylic acids is 1. The van der Waals surface area contributed by atoms with Crippen molar-refractivity contribution in [2.75, 3.05) is 5.32 Å². The van der Waals surface area contributed by atoms with E-state index < -0.39 is 17.8 Å². The smallest absolute Gasteiger partial charge is 0.278 e. The predicted octanol–water partition coefficient (Wildman–Crippen LogP) is 2.77. The Morgan fingerprint density at radius 1 is 1.12 bits per heavy atom. The standard InChI is InChI=1S/C18H17FN4O2/c1-11(2)16(17(24)20-13-9-7-12(19)8-10-13)23-18(25)14-5-3-4-6-15(14)21-22-23/h3-11,16H,1-2H3,(H,20,24)/t16-/m0/s1. The van der Waals surface area contributed by atoms with Gasteiger partial charge in [-0.25, -0.2) is 4.39 Å². The van der Waals surface area contributed by atoms with E-state index >= 15 is 0 Å². The lowest BCUT2D eigenvalue weighted by atomic mass is 10.0. The third-order valence-electron chi connectivity index (χ3n) is 3.87. The number of fused-ring (bicyclic) bond motifs is 1. The third kappa shape index (κ3) is 3.40. The second kappa shape index (κ2) is 6.80. The maximum absolute atomic E-state index is 13.0. The van der Waals surface area contributed by atoms with Crippen LogP contribution in [0.1, 0.15) is 19.9 Å². The minimum atomic E-state index is -0.838. The van der Waals surface area contributed by atoms with E-state index in [2.05, 4.69) is 15.6 Å². The van der Waals surface area contributed by atoms with Gasteiger partial charge in [0.05, 0.1) is 5.39 Å². The molecule has 0 aliphatic rings. The molecular weight excluding hydrogens is 323 g/mol. The van der Waals surface area contributed by atoms with Gasteiger partial charge < -0.3 is 5.32 Å². The molecule has 0 bridgehead atoms. The van der Waals surface area contributed by atoms with Crippen molar-refractivity contribution >= 4 is 22.5 Å². The number of amides is 1. The predicted molar refractivity (Wildman–Crippen MR) is 92.7 cm³/mol. The van der Waals surface area contributed by atoms with Gasteiger partial charge >= 0.3 is 0 Å². The van der Waals surface area contributed by atoms with Gasteiger partial charge in [-0.15, -0.1) is 5.10 Å². The Morgan fingerprint density at radius 2 is 1.80 bits per heavy atom. The number of nitrogens with zero attached hydrogens (tertiary/aromatic N) is 3. The minimum Gasteiger partial charge on any atom is -0.324 e. The van der Waals surface area contributed by atoms with Gasteiger partial charge in [0.25, 0.3) is 5.56 Å². The first-order chi connectivity index (χ1) is 12.0. The van der Waals surface area contributed by atoms with E-state index in [1.54, 1.807) is 24.3 Å². The molecule has 0 saturated heterocycles. The number of hydrogen-bond acceptors (Lipinski definition) is 4. The first kappa shape index (κ1) is 16.8. The fourth-order valence-electron chi connectivity index (χ4n) is 2.63. The molecule has 1 aromatic heterocycles. The molecule has 1 amide bonds. The van der Waals surface area contributed by atoms with Crippen LogP contribution >= 0.6 is 0 Å². The Morgan fingerprint density at radius 3 is 2.48 bits per heavy atom. The van der Waals surface area contributed by atoms with Crippen molar-refractivity contribution in [1.82, 2.24) is 15.0 Å². The average molecular weight is 340 g/mol. The molecule has 2 aromatic carbocycles. The van der Waals surface area contributed by atoms with Crippen molar-refractivity contribution in [3.63, 3.8) is 0 Å². The highest BCUT2D eigenvalue weighted by Crippen LogP contribution is 2.19. The van der Waals surface area contributed by atoms with Crippen molar-refractivity contribution in [3.05, 3.63) is 64.7 Å². The van der Waals surface area contributed by atoms with Gasteiger partial charge in [-0.3, -0.25) is 9.59 Å². The normalized spacial score (nSPS) is 12.3. The summed E-state index contributed by atoms with van der Waals surface area (Å²) in [5.74, 6) is -1.00. The topological polar surface area (TPSA) is 76.9 Å². The third-order valence-corrected chi connectivity index (χ3v) is 3.87. The van der Waals surface area contributed by atoms with E-state index in [0.717, 1.165) is 4.68 Å². The zero-order valence-electron chi connectivity index (χ0n) is 13.8. The molecule has 1 heterocycles. The van der Waals surface area contributed by atoms with E-state index in [9.17, 15) is 14.0 Å². The number of aromatic nitrogens is 3. The summed E-state index contributed by atoms with van der Waals surface area (Å²) in [5.41, 5.74) is 0.544. The van der Waals surface area contributed by atoms with Gasteiger partial charge in [0, 0.05) is 5.69 Å². The minimum absolute atomic E-state index is 0.200. The van der Waals surface area contributed by atoms with Crippen LogP contribution in [0.25, 0.3) is 10.9 Å². The molecule has 0 unspecified atom stereocenters. The van der Waals surface area contributed by atoms with Gasteiger partial charge in [0.2, 0.25) is 5.91 Å². The molecule has 128 valence electrons. The first-order valence-corrected chi connectivity index (χ1v) is 7.88. The van der Waals surface area contributed by atoms with E-state index in [4.69, 9.17) is 0 Å². The molecule has 0 radical (unpaired) electrons. The molecule has 25 heavy (non-hydrogen) atoms. The number of rotatable bonds is 4. The molecule has 3 rings (SSSR count). The second-order valence-corrected chi connectivity index (χ2v) is 6.04. The summed E-state index contributed by atoms with van der Waals surface area (Å²) in [5, 5.41) is 11.1. The summed E-state index contributed by atoms with van der Waals surface area (Å²) in [6, 6.07) is 11.4. The zero-order chi connectivity index (χ0) is 18.0. The summed E-state index contributed by atoms with van der Waals surface area (Å²) in [6.07, 6.45) is 0. The van der Waals surface area contributed by atoms with E-state index in [1.165, 1.54) is 24.3 Å². The van der Waals surface area contributed by atoms with Crippen molar-refractivity contribution in [1.29, 1.82) is 0 Å². The highest BCUT2D eigenvalue weighted by atomic mass is 19.1. The van der Waals surface area contributed by atoms with Crippen LogP contribution < -0.4 is 10.9 Å². The number of anilines is 1. The molecule has 3 aromatic rings. The second-order valence-electron chi connectivity index (χ2n) is 6.04. The summed E-state index contributed by atoms with van der Waals surface area (Å²) >= 11 is 0. The van der Waals surface area contributed by atoms with E-state index in [-0.39, 0.29) is 11.5 Å². The van der Waals surface area contributed by atoms with Crippen LogP contribution in [0.3, 0.4) is 0 Å². The Balaban J connectivity index is 1.98. The number of halogens is 1. The molecular formula is C18H17FN4O2. The molecule has 0 spiro atoms. The summed E-state index contributed by atoms with van der Waals surface area (Å²) in [4.78, 5) is 25.4. The SMILES string of the molecule is CC(C)[C@@H](C(=O)Nc1ccc(F)cc1)n1nnc2ccccc2c1=O. The number of hydrogen-bond donors (Lipinski definition) is 1. The highest BCUT2D eigenvalue weighted by Gasteiger charge is 2.27. The Labute approximate surface area is 143 Å². The lowest BCUT2D eigenvalue weighted by Gasteiger charge is -2.21. The fourth-order valence-corrected chi connectivity index (χ4v) is 2.63. The van der Waals surface area contributed by atoms with Crippen molar-refractivity contribution in [2.24, 2.45) is 5.92 Å². The Bertz CT molecular complexity index is 967. The number of benzene rings is 2. The highest BCUT2D eigenvalue weighted by molar-refractivity contribution is 5.94. The zero-order valence-corrected chi connectivity index (χ0v) is 13.8. The van der Waals surface area contributed by atoms with Gasteiger partial charge in [-0.05, 0) is 42.3 Å². The maximum Gasteiger partial charge on any atom is 0.278 e. The molecule has 0 fully saturated rings. The average Bonchev–Trinajstić information content (AvgIpc) is 2.59.